The summed E-state index contributed by atoms with van der Waals surface area (Å²) in [6, 6.07) is 5.77. The molecule has 0 unspecified atom stereocenters. The molecule has 0 fully saturated rings. The van der Waals surface area contributed by atoms with Gasteiger partial charge in [0.05, 0.1) is 21.0 Å². The lowest BCUT2D eigenvalue weighted by molar-refractivity contribution is 1.13. The minimum atomic E-state index is 0.738. The molecule has 13 heavy (non-hydrogen) atoms. The standard InChI is InChI=1S/C10H11ClNSi/c1-7(13)8-5-4-6-9(11)10(8)12(2)3/h4-6H,1H2,2-3H3. The predicted octanol–water partition coefficient (Wildman–Crippen LogP) is 2.55. The van der Waals surface area contributed by atoms with Gasteiger partial charge in [-0.25, -0.2) is 0 Å². The van der Waals surface area contributed by atoms with Crippen LogP contribution in [0.15, 0.2) is 24.8 Å². The van der Waals surface area contributed by atoms with Crippen molar-refractivity contribution in [3.8, 4) is 0 Å². The number of nitrogens with zero attached hydrogens (tertiary/aromatic N) is 1. The van der Waals surface area contributed by atoms with Crippen LogP contribution in [0.25, 0.3) is 5.20 Å². The van der Waals surface area contributed by atoms with Crippen LogP contribution in [0.4, 0.5) is 5.69 Å². The first kappa shape index (κ1) is 10.3. The number of benzene rings is 1. The maximum absolute atomic E-state index is 6.06. The van der Waals surface area contributed by atoms with Crippen molar-refractivity contribution in [3.63, 3.8) is 0 Å². The van der Waals surface area contributed by atoms with Crippen LogP contribution in [-0.2, 0) is 0 Å². The quantitative estimate of drug-likeness (QED) is 0.676. The molecule has 0 spiro atoms. The summed E-state index contributed by atoms with van der Waals surface area (Å²) in [6.07, 6.45) is 0. The van der Waals surface area contributed by atoms with E-state index in [2.05, 4.69) is 16.8 Å². The fraction of sp³-hybridized carbons (Fsp3) is 0.200. The van der Waals surface area contributed by atoms with E-state index in [1.165, 1.54) is 0 Å². The van der Waals surface area contributed by atoms with Gasteiger partial charge in [-0.2, -0.15) is 0 Å². The normalized spacial score (nSPS) is 9.85. The lowest BCUT2D eigenvalue weighted by Crippen LogP contribution is -2.11. The van der Waals surface area contributed by atoms with Crippen molar-refractivity contribution in [1.82, 2.24) is 0 Å². The van der Waals surface area contributed by atoms with Crippen molar-refractivity contribution in [2.75, 3.05) is 19.0 Å². The first-order valence-electron chi connectivity index (χ1n) is 3.90. The van der Waals surface area contributed by atoms with E-state index in [1.807, 2.05) is 37.2 Å². The Hall–Kier alpha value is -0.733. The van der Waals surface area contributed by atoms with E-state index < -0.39 is 0 Å². The van der Waals surface area contributed by atoms with Gasteiger partial charge in [0, 0.05) is 14.1 Å². The van der Waals surface area contributed by atoms with Gasteiger partial charge in [-0.3, -0.25) is 0 Å². The summed E-state index contributed by atoms with van der Waals surface area (Å²) in [4.78, 5) is 1.98. The smallest absolute Gasteiger partial charge is 0.0712 e. The Kier molecular flexibility index (Phi) is 3.17. The Morgan fingerprint density at radius 2 is 2.08 bits per heavy atom. The molecular weight excluding hydrogens is 198 g/mol. The topological polar surface area (TPSA) is 3.24 Å². The van der Waals surface area contributed by atoms with Crippen LogP contribution in [0.2, 0.25) is 5.02 Å². The summed E-state index contributed by atoms with van der Waals surface area (Å²) in [5, 5.41) is 1.58. The molecule has 67 valence electrons. The van der Waals surface area contributed by atoms with Gasteiger partial charge in [0.1, 0.15) is 0 Å². The van der Waals surface area contributed by atoms with E-state index in [-0.39, 0.29) is 0 Å². The van der Waals surface area contributed by atoms with E-state index in [4.69, 9.17) is 11.6 Å². The number of halogens is 1. The number of hydrogen-bond donors (Lipinski definition) is 0. The van der Waals surface area contributed by atoms with Gasteiger partial charge in [-0.1, -0.05) is 35.5 Å². The summed E-state index contributed by atoms with van der Waals surface area (Å²) < 4.78 is 0. The molecular formula is C10H11ClNSi. The molecule has 0 aromatic heterocycles. The van der Waals surface area contributed by atoms with Crippen molar-refractivity contribution in [3.05, 3.63) is 35.4 Å². The van der Waals surface area contributed by atoms with E-state index in [9.17, 15) is 0 Å². The Morgan fingerprint density at radius 1 is 1.46 bits per heavy atom. The summed E-state index contributed by atoms with van der Waals surface area (Å²) in [7, 11) is 7.32. The Balaban J connectivity index is 3.34. The molecule has 0 bridgehead atoms. The average molecular weight is 209 g/mol. The second-order valence-corrected chi connectivity index (χ2v) is 4.02. The van der Waals surface area contributed by atoms with Gasteiger partial charge in [0.15, 0.2) is 0 Å². The second-order valence-electron chi connectivity index (χ2n) is 3.01. The third-order valence-electron chi connectivity index (χ3n) is 1.76. The van der Waals surface area contributed by atoms with Crippen molar-refractivity contribution in [2.45, 2.75) is 0 Å². The number of hydrogen-bond acceptors (Lipinski definition) is 1. The molecule has 0 aliphatic heterocycles. The Bertz CT molecular complexity index is 334. The van der Waals surface area contributed by atoms with Crippen LogP contribution >= 0.6 is 11.6 Å². The van der Waals surface area contributed by atoms with Crippen LogP contribution in [-0.4, -0.2) is 24.3 Å². The van der Waals surface area contributed by atoms with Gasteiger partial charge >= 0.3 is 0 Å². The fourth-order valence-electron chi connectivity index (χ4n) is 1.21. The first-order valence-corrected chi connectivity index (χ1v) is 4.78. The zero-order valence-electron chi connectivity index (χ0n) is 7.76. The lowest BCUT2D eigenvalue weighted by atomic mass is 10.1. The lowest BCUT2D eigenvalue weighted by Gasteiger charge is -2.18. The first-order chi connectivity index (χ1) is 6.04. The molecule has 0 N–H and O–H groups in total. The predicted molar refractivity (Wildman–Crippen MR) is 60.6 cm³/mol. The van der Waals surface area contributed by atoms with Gasteiger partial charge in [-0.05, 0) is 11.6 Å². The average Bonchev–Trinajstić information content (AvgIpc) is 2.02. The summed E-state index contributed by atoms with van der Waals surface area (Å²) in [5.41, 5.74) is 2.01. The minimum absolute atomic E-state index is 0.738. The molecule has 0 saturated carbocycles. The zero-order chi connectivity index (χ0) is 10.0. The second kappa shape index (κ2) is 3.98. The fourth-order valence-corrected chi connectivity index (χ4v) is 1.76. The summed E-state index contributed by atoms with van der Waals surface area (Å²) >= 11 is 6.06. The van der Waals surface area contributed by atoms with Gasteiger partial charge in [0.25, 0.3) is 0 Å². The van der Waals surface area contributed by atoms with Crippen molar-refractivity contribution < 1.29 is 0 Å². The van der Waals surface area contributed by atoms with Crippen LogP contribution in [0.3, 0.4) is 0 Å². The van der Waals surface area contributed by atoms with E-state index in [0.29, 0.717) is 0 Å². The molecule has 1 aromatic rings. The Morgan fingerprint density at radius 3 is 2.46 bits per heavy atom. The molecule has 0 atom stereocenters. The van der Waals surface area contributed by atoms with Crippen LogP contribution in [0, 0.1) is 0 Å². The molecule has 1 rings (SSSR count). The summed E-state index contributed by atoms with van der Waals surface area (Å²) in [5.74, 6) is 0. The van der Waals surface area contributed by atoms with Crippen LogP contribution in [0.1, 0.15) is 5.56 Å². The van der Waals surface area contributed by atoms with Gasteiger partial charge in [-0.15, -0.1) is 0 Å². The third-order valence-corrected chi connectivity index (χ3v) is 2.33. The zero-order valence-corrected chi connectivity index (χ0v) is 9.52. The minimum Gasteiger partial charge on any atom is -0.376 e. The highest BCUT2D eigenvalue weighted by Gasteiger charge is 2.08. The monoisotopic (exact) mass is 208 g/mol. The van der Waals surface area contributed by atoms with Crippen molar-refractivity contribution >= 4 is 32.7 Å². The SMILES string of the molecule is C=C([Si])c1cccc(Cl)c1N(C)C. The molecule has 0 heterocycles. The van der Waals surface area contributed by atoms with Gasteiger partial charge < -0.3 is 4.90 Å². The molecule has 0 aliphatic carbocycles. The Labute approximate surface area is 87.4 Å². The highest BCUT2D eigenvalue weighted by Crippen LogP contribution is 2.31. The molecule has 0 amide bonds. The molecule has 1 nitrogen and oxygen atoms in total. The largest absolute Gasteiger partial charge is 0.376 e. The molecule has 0 saturated heterocycles. The maximum atomic E-state index is 6.06. The number of rotatable bonds is 2. The van der Waals surface area contributed by atoms with E-state index >= 15 is 0 Å². The molecule has 1 aromatic carbocycles. The molecule has 3 heteroatoms. The highest BCUT2D eigenvalue weighted by molar-refractivity contribution is 6.43. The van der Waals surface area contributed by atoms with Crippen LogP contribution < -0.4 is 4.90 Å². The van der Waals surface area contributed by atoms with Crippen molar-refractivity contribution in [2.24, 2.45) is 0 Å². The molecule has 0 aliphatic rings. The van der Waals surface area contributed by atoms with Gasteiger partial charge in [0.2, 0.25) is 0 Å². The van der Waals surface area contributed by atoms with E-state index in [0.717, 1.165) is 21.5 Å². The number of anilines is 1. The van der Waals surface area contributed by atoms with E-state index in [1.54, 1.807) is 0 Å². The summed E-state index contributed by atoms with van der Waals surface area (Å²) in [6.45, 7) is 3.84. The van der Waals surface area contributed by atoms with Crippen LogP contribution in [0.5, 0.6) is 0 Å². The highest BCUT2D eigenvalue weighted by atomic mass is 35.5. The maximum Gasteiger partial charge on any atom is 0.0712 e. The number of para-hydroxylation sites is 1. The third kappa shape index (κ3) is 2.14. The molecule has 3 radical (unpaired) electrons. The van der Waals surface area contributed by atoms with Crippen molar-refractivity contribution in [1.29, 1.82) is 0 Å².